The number of thiazole rings is 1. The summed E-state index contributed by atoms with van der Waals surface area (Å²) in [5.74, 6) is 1.29. The molecule has 2 heterocycles. The second-order valence-corrected chi connectivity index (χ2v) is 7.53. The Morgan fingerprint density at radius 1 is 1.23 bits per heavy atom. The van der Waals surface area contributed by atoms with E-state index in [0.717, 1.165) is 27.6 Å². The predicted molar refractivity (Wildman–Crippen MR) is 106 cm³/mol. The molecule has 7 heteroatoms. The van der Waals surface area contributed by atoms with E-state index in [4.69, 9.17) is 9.47 Å². The molecule has 136 valence electrons. The number of thiophene rings is 1. The first-order chi connectivity index (χ1) is 12.5. The SMILES string of the molecule is COc1ccc(OC)c(C(C)NC(=O)c2sc(-c3ccsc3)nc2C)c1. The number of nitrogens with zero attached hydrogens (tertiary/aromatic N) is 1. The first-order valence-corrected chi connectivity index (χ1v) is 9.82. The van der Waals surface area contributed by atoms with Crippen LogP contribution in [0.1, 0.15) is 33.9 Å². The average Bonchev–Trinajstić information content (AvgIpc) is 3.30. The van der Waals surface area contributed by atoms with E-state index in [1.54, 1.807) is 25.6 Å². The molecule has 0 aliphatic carbocycles. The minimum Gasteiger partial charge on any atom is -0.497 e. The second kappa shape index (κ2) is 7.88. The number of benzene rings is 1. The fraction of sp³-hybridized carbons (Fsp3) is 0.263. The van der Waals surface area contributed by atoms with Crippen molar-refractivity contribution in [2.75, 3.05) is 14.2 Å². The summed E-state index contributed by atoms with van der Waals surface area (Å²) < 4.78 is 10.7. The molecule has 1 aromatic carbocycles. The van der Waals surface area contributed by atoms with E-state index in [-0.39, 0.29) is 11.9 Å². The lowest BCUT2D eigenvalue weighted by Crippen LogP contribution is -2.26. The van der Waals surface area contributed by atoms with Crippen molar-refractivity contribution in [1.29, 1.82) is 0 Å². The van der Waals surface area contributed by atoms with E-state index >= 15 is 0 Å². The van der Waals surface area contributed by atoms with Crippen LogP contribution in [0.4, 0.5) is 0 Å². The van der Waals surface area contributed by atoms with Crippen LogP contribution in [0.25, 0.3) is 10.6 Å². The Kier molecular flexibility index (Phi) is 5.58. The van der Waals surface area contributed by atoms with Gasteiger partial charge in [0.25, 0.3) is 5.91 Å². The zero-order valence-electron chi connectivity index (χ0n) is 15.0. The fourth-order valence-corrected chi connectivity index (χ4v) is 4.32. The molecule has 0 saturated heterocycles. The molecule has 3 aromatic rings. The van der Waals surface area contributed by atoms with Crippen molar-refractivity contribution in [3.05, 3.63) is 51.2 Å². The largest absolute Gasteiger partial charge is 0.497 e. The lowest BCUT2D eigenvalue weighted by molar-refractivity contribution is 0.0942. The molecule has 26 heavy (non-hydrogen) atoms. The number of carbonyl (C=O) groups is 1. The van der Waals surface area contributed by atoms with Crippen LogP contribution in [-0.2, 0) is 0 Å². The zero-order chi connectivity index (χ0) is 18.7. The van der Waals surface area contributed by atoms with E-state index in [9.17, 15) is 4.79 Å². The zero-order valence-corrected chi connectivity index (χ0v) is 16.7. The van der Waals surface area contributed by atoms with Crippen molar-refractivity contribution in [2.24, 2.45) is 0 Å². The highest BCUT2D eigenvalue weighted by molar-refractivity contribution is 7.17. The summed E-state index contributed by atoms with van der Waals surface area (Å²) in [6.07, 6.45) is 0. The number of rotatable bonds is 6. The minimum atomic E-state index is -0.237. The summed E-state index contributed by atoms with van der Waals surface area (Å²) >= 11 is 3.02. The molecule has 0 radical (unpaired) electrons. The van der Waals surface area contributed by atoms with Gasteiger partial charge in [-0.25, -0.2) is 4.98 Å². The van der Waals surface area contributed by atoms with Crippen LogP contribution in [0, 0.1) is 6.92 Å². The van der Waals surface area contributed by atoms with E-state index in [0.29, 0.717) is 10.6 Å². The highest BCUT2D eigenvalue weighted by atomic mass is 32.1. The maximum Gasteiger partial charge on any atom is 0.263 e. The molecule has 0 fully saturated rings. The van der Waals surface area contributed by atoms with Crippen LogP contribution in [0.5, 0.6) is 11.5 Å². The topological polar surface area (TPSA) is 60.5 Å². The Bertz CT molecular complexity index is 904. The number of hydrogen-bond acceptors (Lipinski definition) is 6. The van der Waals surface area contributed by atoms with E-state index < -0.39 is 0 Å². The third-order valence-electron chi connectivity index (χ3n) is 4.02. The van der Waals surface area contributed by atoms with Gasteiger partial charge in [-0.15, -0.1) is 11.3 Å². The van der Waals surface area contributed by atoms with Gasteiger partial charge in [-0.2, -0.15) is 11.3 Å². The van der Waals surface area contributed by atoms with E-state index in [1.165, 1.54) is 11.3 Å². The molecular formula is C19H20N2O3S2. The van der Waals surface area contributed by atoms with Gasteiger partial charge in [0.1, 0.15) is 21.4 Å². The Morgan fingerprint density at radius 3 is 2.69 bits per heavy atom. The fourth-order valence-electron chi connectivity index (χ4n) is 2.63. The lowest BCUT2D eigenvalue weighted by Gasteiger charge is -2.18. The van der Waals surface area contributed by atoms with Crippen LogP contribution < -0.4 is 14.8 Å². The summed E-state index contributed by atoms with van der Waals surface area (Å²) in [6, 6.07) is 7.31. The molecule has 2 aromatic heterocycles. The number of ether oxygens (including phenoxy) is 2. The quantitative estimate of drug-likeness (QED) is 0.666. The van der Waals surface area contributed by atoms with Crippen molar-refractivity contribution >= 4 is 28.6 Å². The Labute approximate surface area is 160 Å². The molecule has 1 amide bonds. The highest BCUT2D eigenvalue weighted by Crippen LogP contribution is 2.32. The summed E-state index contributed by atoms with van der Waals surface area (Å²) in [5, 5.41) is 7.93. The molecule has 0 saturated carbocycles. The monoisotopic (exact) mass is 388 g/mol. The van der Waals surface area contributed by atoms with Crippen molar-refractivity contribution in [1.82, 2.24) is 10.3 Å². The first kappa shape index (κ1) is 18.4. The molecule has 1 unspecified atom stereocenters. The minimum absolute atomic E-state index is 0.140. The third kappa shape index (κ3) is 3.73. The van der Waals surface area contributed by atoms with Crippen LogP contribution in [-0.4, -0.2) is 25.1 Å². The number of nitrogens with one attached hydrogen (secondary N) is 1. The maximum atomic E-state index is 12.8. The van der Waals surface area contributed by atoms with Gasteiger partial charge in [-0.1, -0.05) is 0 Å². The summed E-state index contributed by atoms with van der Waals surface area (Å²) in [6.45, 7) is 3.78. The molecule has 1 N–H and O–H groups in total. The maximum absolute atomic E-state index is 12.8. The van der Waals surface area contributed by atoms with Crippen LogP contribution in [0.3, 0.4) is 0 Å². The lowest BCUT2D eigenvalue weighted by atomic mass is 10.1. The molecule has 0 aliphatic heterocycles. The van der Waals surface area contributed by atoms with E-state index in [1.807, 2.05) is 48.9 Å². The smallest absolute Gasteiger partial charge is 0.263 e. The second-order valence-electron chi connectivity index (χ2n) is 5.75. The molecule has 0 aliphatic rings. The standard InChI is InChI=1S/C19H20N2O3S2/c1-11(15-9-14(23-3)5-6-16(15)24-4)20-18(22)17-12(2)21-19(26-17)13-7-8-25-10-13/h5-11H,1-4H3,(H,20,22). The van der Waals surface area contributed by atoms with Gasteiger partial charge in [0.05, 0.1) is 26.0 Å². The normalized spacial score (nSPS) is 11.8. The number of methoxy groups -OCH3 is 2. The summed E-state index contributed by atoms with van der Waals surface area (Å²) in [7, 11) is 3.22. The van der Waals surface area contributed by atoms with Gasteiger partial charge in [-0.3, -0.25) is 4.79 Å². The van der Waals surface area contributed by atoms with Gasteiger partial charge in [0.2, 0.25) is 0 Å². The molecule has 0 bridgehead atoms. The van der Waals surface area contributed by atoms with Gasteiger partial charge in [0, 0.05) is 16.5 Å². The molecular weight excluding hydrogens is 368 g/mol. The molecule has 1 atom stereocenters. The Hall–Kier alpha value is -2.38. The molecule has 5 nitrogen and oxygen atoms in total. The first-order valence-electron chi connectivity index (χ1n) is 8.06. The van der Waals surface area contributed by atoms with E-state index in [2.05, 4.69) is 10.3 Å². The third-order valence-corrected chi connectivity index (χ3v) is 5.91. The van der Waals surface area contributed by atoms with Crippen LogP contribution in [0.2, 0.25) is 0 Å². The van der Waals surface area contributed by atoms with Crippen LogP contribution >= 0.6 is 22.7 Å². The summed E-state index contributed by atoms with van der Waals surface area (Å²) in [5.41, 5.74) is 2.64. The number of hydrogen-bond donors (Lipinski definition) is 1. The highest BCUT2D eigenvalue weighted by Gasteiger charge is 2.20. The van der Waals surface area contributed by atoms with Crippen molar-refractivity contribution < 1.29 is 14.3 Å². The van der Waals surface area contributed by atoms with Crippen molar-refractivity contribution in [2.45, 2.75) is 19.9 Å². The Morgan fingerprint density at radius 2 is 2.04 bits per heavy atom. The van der Waals surface area contributed by atoms with Gasteiger partial charge in [0.15, 0.2) is 0 Å². The number of aromatic nitrogens is 1. The number of carbonyl (C=O) groups excluding carboxylic acids is 1. The number of aryl methyl sites for hydroxylation is 1. The predicted octanol–water partition coefficient (Wildman–Crippen LogP) is 4.69. The Balaban J connectivity index is 1.82. The van der Waals surface area contributed by atoms with Gasteiger partial charge < -0.3 is 14.8 Å². The van der Waals surface area contributed by atoms with Crippen molar-refractivity contribution in [3.63, 3.8) is 0 Å². The van der Waals surface area contributed by atoms with Gasteiger partial charge >= 0.3 is 0 Å². The van der Waals surface area contributed by atoms with Crippen molar-refractivity contribution in [3.8, 4) is 22.1 Å². The number of amides is 1. The van der Waals surface area contributed by atoms with Crippen LogP contribution in [0.15, 0.2) is 35.0 Å². The molecule has 3 rings (SSSR count). The average molecular weight is 389 g/mol. The summed E-state index contributed by atoms with van der Waals surface area (Å²) in [4.78, 5) is 17.9. The van der Waals surface area contributed by atoms with Gasteiger partial charge in [-0.05, 0) is 43.5 Å². The molecule has 0 spiro atoms.